The van der Waals surface area contributed by atoms with Crippen LogP contribution >= 0.6 is 0 Å². The van der Waals surface area contributed by atoms with E-state index >= 15 is 0 Å². The Kier molecular flexibility index (Phi) is 23.2. The van der Waals surface area contributed by atoms with E-state index in [1.165, 1.54) is 91.5 Å². The van der Waals surface area contributed by atoms with Crippen LogP contribution in [0.3, 0.4) is 0 Å². The van der Waals surface area contributed by atoms with Gasteiger partial charge >= 0.3 is 0 Å². The molecule has 71 heavy (non-hydrogen) atoms. The van der Waals surface area contributed by atoms with Crippen molar-refractivity contribution >= 4 is 5.69 Å². The van der Waals surface area contributed by atoms with Crippen molar-refractivity contribution in [1.82, 2.24) is 14.7 Å². The molecule has 408 valence electrons. The lowest BCUT2D eigenvalue weighted by atomic mass is 9.75. The highest BCUT2D eigenvalue weighted by atomic mass is 15.3. The van der Waals surface area contributed by atoms with E-state index in [9.17, 15) is 0 Å². The molecule has 0 aliphatic carbocycles. The number of para-hydroxylation sites is 1. The van der Waals surface area contributed by atoms with E-state index in [-0.39, 0.29) is 44.3 Å². The standard InChI is InChI=1S/3C17H27N.C13H27N.3CH4/c1-16(2,3)15-11-13-9-7-8-10-14(13)12-18(15)17(4,5)6;1-16(2,3)15-14-10-8-7-9-13(14)11-12-18(15)17(4,5)6;1-16(2,3)15-12-11-13-9-7-8-10-14(13)18(15)17(4,5)6;1-12(2,3)11-9-7-8-10-14(11)13(4,5)6;;;/h3*7-10,15H,11-12H2,1-6H3;11H,7-10H2,1-6H3;3*1H4. The maximum Gasteiger partial charge on any atom is 0.0405 e. The van der Waals surface area contributed by atoms with E-state index in [0.29, 0.717) is 39.9 Å². The number of aryl methyl sites for hydroxylation is 1. The Balaban J connectivity index is 0.000000469. The number of benzene rings is 3. The summed E-state index contributed by atoms with van der Waals surface area (Å²) in [4.78, 5) is 10.7. The van der Waals surface area contributed by atoms with E-state index in [1.54, 1.807) is 0 Å². The minimum atomic E-state index is 0. The maximum absolute atomic E-state index is 2.70. The smallest absolute Gasteiger partial charge is 0.0405 e. The van der Waals surface area contributed by atoms with Gasteiger partial charge in [0.2, 0.25) is 0 Å². The highest BCUT2D eigenvalue weighted by Crippen LogP contribution is 2.46. The normalized spacial score (nSPS) is 21.5. The summed E-state index contributed by atoms with van der Waals surface area (Å²) in [6.45, 7) is 60.0. The van der Waals surface area contributed by atoms with Crippen LogP contribution in [0.15, 0.2) is 72.8 Å². The van der Waals surface area contributed by atoms with E-state index < -0.39 is 0 Å². The molecular formula is C67H120N4. The van der Waals surface area contributed by atoms with Gasteiger partial charge in [-0.25, -0.2) is 0 Å². The summed E-state index contributed by atoms with van der Waals surface area (Å²) in [7, 11) is 0. The molecule has 0 radical (unpaired) electrons. The number of nitrogens with zero attached hydrogens (tertiary/aromatic N) is 4. The summed E-state index contributed by atoms with van der Waals surface area (Å²) in [5.74, 6) is 0. The predicted molar refractivity (Wildman–Crippen MR) is 321 cm³/mol. The molecule has 0 aromatic heterocycles. The van der Waals surface area contributed by atoms with Gasteiger partial charge in [-0.15, -0.1) is 0 Å². The molecule has 4 unspecified atom stereocenters. The summed E-state index contributed by atoms with van der Waals surface area (Å²) in [6.07, 6.45) is 9.00. The summed E-state index contributed by atoms with van der Waals surface area (Å²) in [6, 6.07) is 29.3. The fourth-order valence-electron chi connectivity index (χ4n) is 12.1. The average Bonchev–Trinajstić information content (AvgIpc) is 3.20. The van der Waals surface area contributed by atoms with Gasteiger partial charge in [-0.3, -0.25) is 14.7 Å². The number of anilines is 1. The first-order valence-corrected chi connectivity index (χ1v) is 27.2. The SMILES string of the molecule is C.C.C.CC(C)(C)C1CCCCN1C(C)(C)C.CC(C)(C)C1CCc2ccccc2N1C(C)(C)C.CC(C)(C)C1Cc2ccccc2CN1C(C)(C)C.CC(C)(C)C1c2ccccc2CCN1C(C)(C)C. The van der Waals surface area contributed by atoms with Gasteiger partial charge in [0.25, 0.3) is 0 Å². The van der Waals surface area contributed by atoms with E-state index in [0.717, 1.165) is 12.6 Å². The summed E-state index contributed by atoms with van der Waals surface area (Å²) in [5.41, 5.74) is 11.4. The molecule has 4 aliphatic heterocycles. The van der Waals surface area contributed by atoms with Gasteiger partial charge < -0.3 is 4.90 Å². The lowest BCUT2D eigenvalue weighted by Gasteiger charge is -2.52. The Morgan fingerprint density at radius 2 is 0.817 bits per heavy atom. The molecule has 7 rings (SSSR count). The largest absolute Gasteiger partial charge is 0.363 e. The van der Waals surface area contributed by atoms with Crippen molar-refractivity contribution in [1.29, 1.82) is 0 Å². The number of piperidine rings is 1. The second-order valence-electron chi connectivity index (χ2n) is 29.6. The molecule has 4 heteroatoms. The van der Waals surface area contributed by atoms with Crippen LogP contribution in [0.25, 0.3) is 0 Å². The third kappa shape index (κ3) is 17.7. The third-order valence-electron chi connectivity index (χ3n) is 15.4. The fraction of sp³-hybridized carbons (Fsp3) is 0.731. The monoisotopic (exact) mass is 981 g/mol. The van der Waals surface area contributed by atoms with Crippen LogP contribution in [0.2, 0.25) is 0 Å². The van der Waals surface area contributed by atoms with Gasteiger partial charge in [0, 0.05) is 65.1 Å². The summed E-state index contributed by atoms with van der Waals surface area (Å²) < 4.78 is 0. The van der Waals surface area contributed by atoms with Crippen LogP contribution in [0, 0.1) is 21.7 Å². The molecule has 3 aromatic rings. The van der Waals surface area contributed by atoms with Crippen LogP contribution < -0.4 is 4.90 Å². The van der Waals surface area contributed by atoms with Crippen LogP contribution in [0.1, 0.15) is 248 Å². The van der Waals surface area contributed by atoms with Gasteiger partial charge in [0.05, 0.1) is 0 Å². The molecule has 0 bridgehead atoms. The quantitative estimate of drug-likeness (QED) is 0.223. The molecule has 0 spiro atoms. The zero-order valence-corrected chi connectivity index (χ0v) is 49.1. The molecule has 1 fully saturated rings. The lowest BCUT2D eigenvalue weighted by Crippen LogP contribution is -2.55. The highest BCUT2D eigenvalue weighted by Gasteiger charge is 2.43. The van der Waals surface area contributed by atoms with Gasteiger partial charge in [0.15, 0.2) is 0 Å². The number of rotatable bonds is 0. The summed E-state index contributed by atoms with van der Waals surface area (Å²) >= 11 is 0. The molecule has 4 heterocycles. The van der Waals surface area contributed by atoms with Crippen LogP contribution in [-0.4, -0.2) is 68.1 Å². The Morgan fingerprint density at radius 3 is 1.27 bits per heavy atom. The lowest BCUT2D eigenvalue weighted by molar-refractivity contribution is -0.00414. The molecule has 4 atom stereocenters. The molecule has 3 aromatic carbocycles. The average molecular weight is 982 g/mol. The van der Waals surface area contributed by atoms with Crippen molar-refractivity contribution in [2.45, 2.75) is 286 Å². The Hall–Kier alpha value is -2.66. The first kappa shape index (κ1) is 66.4. The van der Waals surface area contributed by atoms with E-state index in [4.69, 9.17) is 0 Å². The molecule has 1 saturated heterocycles. The molecule has 0 N–H and O–H groups in total. The Bertz CT molecular complexity index is 1850. The van der Waals surface area contributed by atoms with Crippen molar-refractivity contribution in [2.24, 2.45) is 21.7 Å². The molecule has 4 nitrogen and oxygen atoms in total. The molecule has 4 aliphatic rings. The van der Waals surface area contributed by atoms with Gasteiger partial charge in [-0.05, 0) is 184 Å². The summed E-state index contributed by atoms with van der Waals surface area (Å²) in [5, 5.41) is 0. The third-order valence-corrected chi connectivity index (χ3v) is 15.4. The number of likely N-dealkylation sites (tertiary alicyclic amines) is 1. The first-order chi connectivity index (χ1) is 30.8. The maximum atomic E-state index is 2.70. The molecule has 0 amide bonds. The number of hydrogen-bond donors (Lipinski definition) is 0. The fourth-order valence-corrected chi connectivity index (χ4v) is 12.1. The predicted octanol–water partition coefficient (Wildman–Crippen LogP) is 18.9. The number of hydrogen-bond acceptors (Lipinski definition) is 4. The zero-order valence-electron chi connectivity index (χ0n) is 49.1. The minimum Gasteiger partial charge on any atom is -0.363 e. The zero-order chi connectivity index (χ0) is 51.6. The Labute approximate surface area is 444 Å². The van der Waals surface area contributed by atoms with Crippen molar-refractivity contribution in [3.05, 3.63) is 101 Å². The molecule has 0 saturated carbocycles. The first-order valence-electron chi connectivity index (χ1n) is 27.2. The van der Waals surface area contributed by atoms with Gasteiger partial charge in [-0.2, -0.15) is 0 Å². The Morgan fingerprint density at radius 1 is 0.366 bits per heavy atom. The van der Waals surface area contributed by atoms with Crippen molar-refractivity contribution in [3.63, 3.8) is 0 Å². The van der Waals surface area contributed by atoms with Crippen molar-refractivity contribution < 1.29 is 0 Å². The van der Waals surface area contributed by atoms with E-state index in [2.05, 4.69) is 259 Å². The van der Waals surface area contributed by atoms with Crippen molar-refractivity contribution in [2.75, 3.05) is 18.0 Å². The highest BCUT2D eigenvalue weighted by molar-refractivity contribution is 5.58. The second kappa shape index (κ2) is 24.8. The van der Waals surface area contributed by atoms with Gasteiger partial charge in [0.1, 0.15) is 0 Å². The van der Waals surface area contributed by atoms with Gasteiger partial charge in [-0.1, -0.05) is 179 Å². The van der Waals surface area contributed by atoms with Crippen LogP contribution in [0.4, 0.5) is 5.69 Å². The topological polar surface area (TPSA) is 13.0 Å². The van der Waals surface area contributed by atoms with Crippen molar-refractivity contribution in [3.8, 4) is 0 Å². The number of fused-ring (bicyclic) bond motifs is 3. The van der Waals surface area contributed by atoms with Crippen LogP contribution in [-0.2, 0) is 25.8 Å². The van der Waals surface area contributed by atoms with Crippen LogP contribution in [0.5, 0.6) is 0 Å². The minimum absolute atomic E-state index is 0. The van der Waals surface area contributed by atoms with E-state index in [1.807, 2.05) is 0 Å². The molecular weight excluding hydrogens is 861 g/mol. The second-order valence-corrected chi connectivity index (χ2v) is 29.6.